The fraction of sp³-hybridized carbons (Fsp3) is 0.238. The molecule has 0 aliphatic carbocycles. The fourth-order valence-electron chi connectivity index (χ4n) is 3.22. The van der Waals surface area contributed by atoms with E-state index in [9.17, 15) is 0 Å². The molecule has 0 N–H and O–H groups in total. The summed E-state index contributed by atoms with van der Waals surface area (Å²) in [4.78, 5) is 10.2. The highest BCUT2D eigenvalue weighted by molar-refractivity contribution is 7.99. The Labute approximate surface area is 152 Å². The van der Waals surface area contributed by atoms with Crippen molar-refractivity contribution in [2.24, 2.45) is 0 Å². The van der Waals surface area contributed by atoms with Crippen LogP contribution in [-0.4, -0.2) is 15.7 Å². The van der Waals surface area contributed by atoms with Crippen LogP contribution in [0.1, 0.15) is 22.4 Å². The molecule has 3 aromatic rings. The number of rotatable bonds is 4. The summed E-state index contributed by atoms with van der Waals surface area (Å²) in [5.41, 5.74) is 7.15. The molecule has 3 heterocycles. The molecular weight excluding hydrogens is 328 g/mol. The molecule has 4 heteroatoms. The summed E-state index contributed by atoms with van der Waals surface area (Å²) in [6, 6.07) is 12.6. The maximum atomic E-state index is 5.93. The lowest BCUT2D eigenvalue weighted by Crippen LogP contribution is -1.99. The van der Waals surface area contributed by atoms with Crippen LogP contribution < -0.4 is 4.74 Å². The van der Waals surface area contributed by atoms with Crippen LogP contribution in [0.25, 0.3) is 11.1 Å². The largest absolute Gasteiger partial charge is 0.473 e. The van der Waals surface area contributed by atoms with Crippen molar-refractivity contribution >= 4 is 11.8 Å². The van der Waals surface area contributed by atoms with Crippen LogP contribution in [0.15, 0.2) is 53.7 Å². The van der Waals surface area contributed by atoms with Crippen LogP contribution in [0.2, 0.25) is 0 Å². The highest BCUT2D eigenvalue weighted by Gasteiger charge is 2.13. The lowest BCUT2D eigenvalue weighted by molar-refractivity contribution is 0.293. The Bertz CT molecular complexity index is 903. The third-order valence-corrected chi connectivity index (χ3v) is 5.60. The Hall–Kier alpha value is -2.33. The summed E-state index contributed by atoms with van der Waals surface area (Å²) in [5, 5.41) is 0. The van der Waals surface area contributed by atoms with Gasteiger partial charge in [0.15, 0.2) is 0 Å². The van der Waals surface area contributed by atoms with E-state index >= 15 is 0 Å². The summed E-state index contributed by atoms with van der Waals surface area (Å²) < 4.78 is 5.93. The number of benzene rings is 1. The van der Waals surface area contributed by atoms with Crippen LogP contribution in [0, 0.1) is 13.8 Å². The van der Waals surface area contributed by atoms with Crippen LogP contribution in [0.4, 0.5) is 0 Å². The van der Waals surface area contributed by atoms with E-state index in [2.05, 4.69) is 60.2 Å². The smallest absolute Gasteiger partial charge is 0.214 e. The normalized spacial score (nSPS) is 12.9. The Morgan fingerprint density at radius 1 is 1.12 bits per heavy atom. The molecule has 1 aromatic carbocycles. The van der Waals surface area contributed by atoms with Gasteiger partial charge in [-0.05, 0) is 54.7 Å². The second-order valence-corrected chi connectivity index (χ2v) is 7.44. The van der Waals surface area contributed by atoms with Crippen molar-refractivity contribution in [2.75, 3.05) is 5.75 Å². The number of fused-ring (bicyclic) bond motifs is 1. The van der Waals surface area contributed by atoms with E-state index < -0.39 is 0 Å². The van der Waals surface area contributed by atoms with E-state index in [0.29, 0.717) is 12.5 Å². The first kappa shape index (κ1) is 16.2. The predicted molar refractivity (Wildman–Crippen MR) is 102 cm³/mol. The summed E-state index contributed by atoms with van der Waals surface area (Å²) in [6.07, 6.45) is 4.92. The summed E-state index contributed by atoms with van der Waals surface area (Å²) in [5.74, 6) is 1.85. The standard InChI is InChI=1S/C21H20N2OS/c1-14-6-8-22-15(2)21(14)17-5-3-4-16(10-17)13-24-20-11-19-18(12-23-20)7-9-25-19/h3-6,8,10-12H,7,9,13H2,1-2H3. The van der Waals surface area contributed by atoms with Crippen LogP contribution >= 0.6 is 11.8 Å². The molecule has 0 spiro atoms. The number of aryl methyl sites for hydroxylation is 3. The average Bonchev–Trinajstić information content (AvgIpc) is 3.08. The molecule has 0 saturated heterocycles. The molecule has 0 fully saturated rings. The number of hydrogen-bond donors (Lipinski definition) is 0. The van der Waals surface area contributed by atoms with E-state index in [1.54, 1.807) is 0 Å². The van der Waals surface area contributed by atoms with Crippen molar-refractivity contribution in [3.05, 3.63) is 71.2 Å². The molecule has 0 bridgehead atoms. The molecule has 3 nitrogen and oxygen atoms in total. The highest BCUT2D eigenvalue weighted by Crippen LogP contribution is 2.33. The average molecular weight is 348 g/mol. The number of hydrogen-bond acceptors (Lipinski definition) is 4. The zero-order valence-corrected chi connectivity index (χ0v) is 15.3. The Morgan fingerprint density at radius 2 is 2.04 bits per heavy atom. The predicted octanol–water partition coefficient (Wildman–Crippen LogP) is 4.99. The molecule has 0 radical (unpaired) electrons. The minimum absolute atomic E-state index is 0.517. The quantitative estimate of drug-likeness (QED) is 0.665. The van der Waals surface area contributed by atoms with Gasteiger partial charge in [0.25, 0.3) is 0 Å². The maximum absolute atomic E-state index is 5.93. The van der Waals surface area contributed by atoms with Crippen molar-refractivity contribution in [2.45, 2.75) is 31.8 Å². The molecular formula is C21H20N2OS. The molecule has 4 rings (SSSR count). The molecule has 0 atom stereocenters. The summed E-state index contributed by atoms with van der Waals surface area (Å²) in [7, 11) is 0. The number of thioether (sulfide) groups is 1. The zero-order valence-electron chi connectivity index (χ0n) is 14.5. The first-order valence-electron chi connectivity index (χ1n) is 8.47. The molecule has 25 heavy (non-hydrogen) atoms. The number of nitrogens with zero attached hydrogens (tertiary/aromatic N) is 2. The summed E-state index contributed by atoms with van der Waals surface area (Å²) >= 11 is 1.88. The first-order chi connectivity index (χ1) is 12.2. The molecule has 0 saturated carbocycles. The monoisotopic (exact) mass is 348 g/mol. The van der Waals surface area contributed by atoms with Gasteiger partial charge in [0, 0.05) is 40.4 Å². The number of pyridine rings is 2. The topological polar surface area (TPSA) is 35.0 Å². The zero-order chi connectivity index (χ0) is 17.2. The van der Waals surface area contributed by atoms with Crippen molar-refractivity contribution in [1.29, 1.82) is 0 Å². The number of ether oxygens (including phenoxy) is 1. The van der Waals surface area contributed by atoms with E-state index in [1.807, 2.05) is 24.2 Å². The van der Waals surface area contributed by atoms with E-state index in [1.165, 1.54) is 27.1 Å². The second-order valence-electron chi connectivity index (χ2n) is 6.31. The number of aromatic nitrogens is 2. The molecule has 1 aliphatic rings. The van der Waals surface area contributed by atoms with Gasteiger partial charge < -0.3 is 4.74 Å². The Kier molecular flexibility index (Phi) is 4.45. The van der Waals surface area contributed by atoms with E-state index in [-0.39, 0.29) is 0 Å². The Morgan fingerprint density at radius 3 is 2.92 bits per heavy atom. The lowest BCUT2D eigenvalue weighted by atomic mass is 9.98. The highest BCUT2D eigenvalue weighted by atomic mass is 32.2. The van der Waals surface area contributed by atoms with Gasteiger partial charge in [-0.1, -0.05) is 18.2 Å². The fourth-order valence-corrected chi connectivity index (χ4v) is 4.29. The van der Waals surface area contributed by atoms with Crippen molar-refractivity contribution in [1.82, 2.24) is 9.97 Å². The van der Waals surface area contributed by atoms with Crippen molar-refractivity contribution in [3.63, 3.8) is 0 Å². The molecule has 126 valence electrons. The molecule has 1 aliphatic heterocycles. The first-order valence-corrected chi connectivity index (χ1v) is 9.45. The van der Waals surface area contributed by atoms with Crippen LogP contribution in [-0.2, 0) is 13.0 Å². The lowest BCUT2D eigenvalue weighted by Gasteiger charge is -2.11. The SMILES string of the molecule is Cc1ccnc(C)c1-c1cccc(COc2cc3c(cn2)CCS3)c1. The molecule has 0 unspecified atom stereocenters. The van der Waals surface area contributed by atoms with Gasteiger partial charge >= 0.3 is 0 Å². The Balaban J connectivity index is 1.54. The third-order valence-electron chi connectivity index (χ3n) is 4.50. The van der Waals surface area contributed by atoms with Crippen LogP contribution in [0.5, 0.6) is 5.88 Å². The van der Waals surface area contributed by atoms with E-state index in [4.69, 9.17) is 4.74 Å². The van der Waals surface area contributed by atoms with Gasteiger partial charge in [0.1, 0.15) is 6.61 Å². The second kappa shape index (κ2) is 6.89. The minimum Gasteiger partial charge on any atom is -0.473 e. The van der Waals surface area contributed by atoms with Gasteiger partial charge in [-0.15, -0.1) is 11.8 Å². The third kappa shape index (κ3) is 3.40. The van der Waals surface area contributed by atoms with Gasteiger partial charge in [-0.3, -0.25) is 4.98 Å². The minimum atomic E-state index is 0.517. The van der Waals surface area contributed by atoms with Crippen molar-refractivity contribution < 1.29 is 4.74 Å². The summed E-state index contributed by atoms with van der Waals surface area (Å²) in [6.45, 7) is 4.69. The molecule has 2 aromatic heterocycles. The van der Waals surface area contributed by atoms with Gasteiger partial charge in [-0.25, -0.2) is 4.98 Å². The molecule has 0 amide bonds. The maximum Gasteiger partial charge on any atom is 0.214 e. The van der Waals surface area contributed by atoms with Crippen LogP contribution in [0.3, 0.4) is 0 Å². The van der Waals surface area contributed by atoms with Gasteiger partial charge in [0.05, 0.1) is 0 Å². The van der Waals surface area contributed by atoms with Crippen molar-refractivity contribution in [3.8, 4) is 17.0 Å². The van der Waals surface area contributed by atoms with Gasteiger partial charge in [-0.2, -0.15) is 0 Å². The van der Waals surface area contributed by atoms with Gasteiger partial charge in [0.2, 0.25) is 5.88 Å². The van der Waals surface area contributed by atoms with E-state index in [0.717, 1.165) is 23.4 Å².